The van der Waals surface area contributed by atoms with Crippen molar-refractivity contribution in [2.45, 2.75) is 39.8 Å². The Kier molecular flexibility index (Phi) is 7.84. The second-order valence-corrected chi connectivity index (χ2v) is 10.1. The second kappa shape index (κ2) is 12.0. The van der Waals surface area contributed by atoms with Crippen molar-refractivity contribution in [1.82, 2.24) is 29.9 Å². The minimum absolute atomic E-state index is 0.258. The molecule has 0 atom stereocenters. The van der Waals surface area contributed by atoms with Crippen molar-refractivity contribution in [2.75, 3.05) is 30.0 Å². The molecule has 0 saturated carbocycles. The number of hydroxylamine groups is 1. The van der Waals surface area contributed by atoms with Gasteiger partial charge < -0.3 is 5.32 Å². The molecule has 0 amide bonds. The lowest BCUT2D eigenvalue weighted by molar-refractivity contribution is 0.0906. The van der Waals surface area contributed by atoms with Crippen molar-refractivity contribution in [3.05, 3.63) is 95.8 Å². The van der Waals surface area contributed by atoms with Gasteiger partial charge in [-0.2, -0.15) is 0 Å². The molecule has 0 fully saturated rings. The summed E-state index contributed by atoms with van der Waals surface area (Å²) in [5.41, 5.74) is 6.61. The lowest BCUT2D eigenvalue weighted by Crippen LogP contribution is -2.29. The van der Waals surface area contributed by atoms with Crippen LogP contribution in [0, 0.1) is 5.82 Å². The van der Waals surface area contributed by atoms with Gasteiger partial charge in [-0.3, -0.25) is 14.8 Å². The molecule has 0 aliphatic carbocycles. The number of aryl methyl sites for hydroxylation is 1. The van der Waals surface area contributed by atoms with E-state index in [4.69, 9.17) is 4.84 Å². The first-order valence-electron chi connectivity index (χ1n) is 14.0. The number of hydrogen-bond acceptors (Lipinski definition) is 8. The van der Waals surface area contributed by atoms with E-state index in [0.717, 1.165) is 84.1 Å². The van der Waals surface area contributed by atoms with Gasteiger partial charge in [0.25, 0.3) is 0 Å². The van der Waals surface area contributed by atoms with E-state index in [9.17, 15) is 4.39 Å². The molecule has 0 unspecified atom stereocenters. The lowest BCUT2D eigenvalue weighted by Gasteiger charge is -2.30. The fourth-order valence-electron chi connectivity index (χ4n) is 5.15. The summed E-state index contributed by atoms with van der Waals surface area (Å²) in [6.07, 6.45) is 5.46. The smallest absolute Gasteiger partial charge is 0.141 e. The fraction of sp³-hybridized carbons (Fsp3) is 0.290. The van der Waals surface area contributed by atoms with Gasteiger partial charge in [-0.25, -0.2) is 19.0 Å². The van der Waals surface area contributed by atoms with Gasteiger partial charge in [0, 0.05) is 24.2 Å². The average molecular weight is 553 g/mol. The monoisotopic (exact) mass is 552 g/mol. The normalized spacial score (nSPS) is 13.1. The van der Waals surface area contributed by atoms with E-state index in [2.05, 4.69) is 56.5 Å². The van der Waals surface area contributed by atoms with Crippen LogP contribution >= 0.6 is 0 Å². The topological polar surface area (TPSA) is 84.2 Å². The first-order chi connectivity index (χ1) is 20.1. The van der Waals surface area contributed by atoms with Crippen molar-refractivity contribution in [3.63, 3.8) is 0 Å². The van der Waals surface area contributed by atoms with Crippen LogP contribution in [0.1, 0.15) is 37.1 Å². The van der Waals surface area contributed by atoms with Gasteiger partial charge in [0.15, 0.2) is 0 Å². The van der Waals surface area contributed by atoms with Crippen molar-refractivity contribution in [3.8, 4) is 5.69 Å². The highest BCUT2D eigenvalue weighted by atomic mass is 19.1. The lowest BCUT2D eigenvalue weighted by atomic mass is 10.0. The number of anilines is 3. The van der Waals surface area contributed by atoms with Gasteiger partial charge in [0.05, 0.1) is 28.8 Å². The molecule has 41 heavy (non-hydrogen) atoms. The molecule has 2 aromatic heterocycles. The van der Waals surface area contributed by atoms with Crippen LogP contribution in [0.2, 0.25) is 0 Å². The standard InChI is InChI=1S/C31H33FN8O/c1-3-38(4-2)18-26-19-39(37-36-26)27-11-12-29-28(17-27)31(34-21-33-29)35-25-10-13-30-23(16-25)8-6-14-40(30)41-20-22-7-5-9-24(32)15-22/h5,7,9-13,15-17,19,21H,3-4,6,8,14,18,20H2,1-2H3,(H,33,34,35). The van der Waals surface area contributed by atoms with Crippen molar-refractivity contribution in [1.29, 1.82) is 0 Å². The maximum Gasteiger partial charge on any atom is 0.141 e. The highest BCUT2D eigenvalue weighted by Crippen LogP contribution is 2.32. The highest BCUT2D eigenvalue weighted by molar-refractivity contribution is 5.92. The Balaban J connectivity index is 1.21. The molecule has 9 nitrogen and oxygen atoms in total. The van der Waals surface area contributed by atoms with Crippen LogP contribution in [-0.2, 0) is 24.4 Å². The van der Waals surface area contributed by atoms with Gasteiger partial charge in [0.2, 0.25) is 0 Å². The first kappa shape index (κ1) is 26.8. The largest absolute Gasteiger partial charge is 0.340 e. The van der Waals surface area contributed by atoms with Crippen LogP contribution < -0.4 is 10.4 Å². The molecular weight excluding hydrogens is 519 g/mol. The summed E-state index contributed by atoms with van der Waals surface area (Å²) in [4.78, 5) is 17.4. The Bertz CT molecular complexity index is 1650. The zero-order valence-corrected chi connectivity index (χ0v) is 23.3. The summed E-state index contributed by atoms with van der Waals surface area (Å²) in [6, 6.07) is 18.7. The van der Waals surface area contributed by atoms with Crippen LogP contribution in [0.4, 0.5) is 21.6 Å². The molecule has 210 valence electrons. The Morgan fingerprint density at radius 2 is 1.93 bits per heavy atom. The number of rotatable bonds is 10. The molecule has 0 radical (unpaired) electrons. The Morgan fingerprint density at radius 3 is 2.78 bits per heavy atom. The molecule has 5 aromatic rings. The molecule has 1 aliphatic rings. The van der Waals surface area contributed by atoms with E-state index in [1.54, 1.807) is 17.1 Å². The summed E-state index contributed by atoms with van der Waals surface area (Å²) >= 11 is 0. The number of halogens is 1. The molecule has 3 heterocycles. The number of hydrogen-bond donors (Lipinski definition) is 1. The predicted octanol–water partition coefficient (Wildman–Crippen LogP) is 5.82. The van der Waals surface area contributed by atoms with E-state index in [1.807, 2.05) is 41.6 Å². The maximum atomic E-state index is 13.6. The Hall–Kier alpha value is -4.41. The van der Waals surface area contributed by atoms with Gasteiger partial charge >= 0.3 is 0 Å². The average Bonchev–Trinajstić information content (AvgIpc) is 3.47. The van der Waals surface area contributed by atoms with Crippen molar-refractivity contribution < 1.29 is 9.23 Å². The van der Waals surface area contributed by atoms with E-state index in [0.29, 0.717) is 6.61 Å². The molecule has 1 N–H and O–H groups in total. The maximum absolute atomic E-state index is 13.6. The second-order valence-electron chi connectivity index (χ2n) is 10.1. The SMILES string of the molecule is CCN(CC)Cc1cn(-c2ccc3ncnc(Nc4ccc5c(c4)CCCN5OCc4cccc(F)c4)c3c2)nn1. The molecule has 1 aliphatic heterocycles. The zero-order chi connectivity index (χ0) is 28.2. The summed E-state index contributed by atoms with van der Waals surface area (Å²) in [7, 11) is 0. The molecule has 3 aromatic carbocycles. The third-order valence-electron chi connectivity index (χ3n) is 7.40. The minimum Gasteiger partial charge on any atom is -0.340 e. The Labute approximate surface area is 238 Å². The molecule has 6 rings (SSSR count). The summed E-state index contributed by atoms with van der Waals surface area (Å²) in [6.45, 7) is 8.09. The van der Waals surface area contributed by atoms with Crippen LogP contribution in [-0.4, -0.2) is 49.5 Å². The number of aromatic nitrogens is 5. The van der Waals surface area contributed by atoms with E-state index in [-0.39, 0.29) is 5.82 Å². The van der Waals surface area contributed by atoms with Gasteiger partial charge in [-0.15, -0.1) is 5.10 Å². The fourth-order valence-corrected chi connectivity index (χ4v) is 5.15. The third kappa shape index (κ3) is 6.03. The summed E-state index contributed by atoms with van der Waals surface area (Å²) < 4.78 is 15.4. The van der Waals surface area contributed by atoms with Crippen LogP contribution in [0.5, 0.6) is 0 Å². The third-order valence-corrected chi connectivity index (χ3v) is 7.40. The highest BCUT2D eigenvalue weighted by Gasteiger charge is 2.19. The predicted molar refractivity (Wildman–Crippen MR) is 158 cm³/mol. The van der Waals surface area contributed by atoms with E-state index >= 15 is 0 Å². The zero-order valence-electron chi connectivity index (χ0n) is 23.3. The van der Waals surface area contributed by atoms with Gasteiger partial charge in [-0.05, 0) is 85.6 Å². The van der Waals surface area contributed by atoms with Crippen molar-refractivity contribution >= 4 is 28.1 Å². The minimum atomic E-state index is -0.258. The molecule has 0 saturated heterocycles. The number of benzene rings is 3. The number of nitrogens with one attached hydrogen (secondary N) is 1. The van der Waals surface area contributed by atoms with Crippen LogP contribution in [0.25, 0.3) is 16.6 Å². The van der Waals surface area contributed by atoms with E-state index in [1.165, 1.54) is 17.7 Å². The van der Waals surface area contributed by atoms with Crippen LogP contribution in [0.15, 0.2) is 73.2 Å². The Morgan fingerprint density at radius 1 is 1.02 bits per heavy atom. The molecule has 0 bridgehead atoms. The van der Waals surface area contributed by atoms with Gasteiger partial charge in [-0.1, -0.05) is 31.2 Å². The number of nitrogens with zero attached hydrogens (tertiary/aromatic N) is 7. The van der Waals surface area contributed by atoms with Crippen molar-refractivity contribution in [2.24, 2.45) is 0 Å². The number of fused-ring (bicyclic) bond motifs is 2. The summed E-state index contributed by atoms with van der Waals surface area (Å²) in [5.74, 6) is 0.460. The van der Waals surface area contributed by atoms with Gasteiger partial charge in [0.1, 0.15) is 24.6 Å². The first-order valence-corrected chi connectivity index (χ1v) is 14.0. The quantitative estimate of drug-likeness (QED) is 0.232. The molecule has 0 spiro atoms. The molecular formula is C31H33FN8O. The van der Waals surface area contributed by atoms with Crippen LogP contribution in [0.3, 0.4) is 0 Å². The molecule has 10 heteroatoms. The summed E-state index contributed by atoms with van der Waals surface area (Å²) in [5, 5.41) is 15.0. The van der Waals surface area contributed by atoms with E-state index < -0.39 is 0 Å².